The summed E-state index contributed by atoms with van der Waals surface area (Å²) in [5.41, 5.74) is -0.0588. The van der Waals surface area contributed by atoms with Crippen LogP contribution < -0.4 is 16.3 Å². The number of hydrogen-bond acceptors (Lipinski definition) is 6. The van der Waals surface area contributed by atoms with Crippen molar-refractivity contribution in [2.75, 3.05) is 26.2 Å². The van der Waals surface area contributed by atoms with Crippen LogP contribution in [0.3, 0.4) is 0 Å². The minimum atomic E-state index is -0.710. The molecule has 0 aromatic carbocycles. The fourth-order valence-corrected chi connectivity index (χ4v) is 10.4. The van der Waals surface area contributed by atoms with E-state index in [9.17, 15) is 19.8 Å². The number of piperidine rings is 1. The van der Waals surface area contributed by atoms with Crippen molar-refractivity contribution in [3.8, 4) is 0 Å². The lowest BCUT2D eigenvalue weighted by atomic mass is 9.43. The molecule has 222 valence electrons. The standard InChI is InChI=1S/C32H49N3O5/c1-30-12-9-24(35(16-17-36)29(38)34-23-4-3-15-33-19-23)18-22(30)6-7-27-26(30)10-13-31(2)25(11-14-32(27,31)39)21-5-8-28(37)40-20-21/h5,8,20,22-27,33,36,39H,3-4,6-7,9-19H2,1-2H3,(H,34,38)/t22-,23?,24+,25-,26+,27-,30+,31-,32+/m1/s1. The van der Waals surface area contributed by atoms with E-state index >= 15 is 0 Å². The summed E-state index contributed by atoms with van der Waals surface area (Å²) >= 11 is 0. The first-order chi connectivity index (χ1) is 19.2. The zero-order valence-electron chi connectivity index (χ0n) is 24.4. The van der Waals surface area contributed by atoms with E-state index in [0.29, 0.717) is 18.4 Å². The molecule has 1 aromatic rings. The van der Waals surface area contributed by atoms with Gasteiger partial charge in [0.2, 0.25) is 0 Å². The third-order valence-corrected chi connectivity index (χ3v) is 12.6. The molecule has 4 saturated carbocycles. The van der Waals surface area contributed by atoms with E-state index in [1.54, 1.807) is 6.26 Å². The number of nitrogens with zero attached hydrogens (tertiary/aromatic N) is 1. The molecular formula is C32H49N3O5. The highest BCUT2D eigenvalue weighted by molar-refractivity contribution is 5.75. The van der Waals surface area contributed by atoms with Gasteiger partial charge in [0.15, 0.2) is 0 Å². The molecule has 0 bridgehead atoms. The molecule has 0 spiro atoms. The Kier molecular flexibility index (Phi) is 7.58. The van der Waals surface area contributed by atoms with Gasteiger partial charge in [0.05, 0.1) is 18.5 Å². The second-order valence-electron chi connectivity index (χ2n) is 14.2. The van der Waals surface area contributed by atoms with Gasteiger partial charge in [0.1, 0.15) is 0 Å². The lowest BCUT2D eigenvalue weighted by Gasteiger charge is -2.64. The minimum Gasteiger partial charge on any atom is -0.431 e. The predicted molar refractivity (Wildman–Crippen MR) is 153 cm³/mol. The fourth-order valence-electron chi connectivity index (χ4n) is 10.4. The monoisotopic (exact) mass is 555 g/mol. The molecule has 40 heavy (non-hydrogen) atoms. The van der Waals surface area contributed by atoms with Gasteiger partial charge in [-0.2, -0.15) is 0 Å². The molecule has 2 heterocycles. The van der Waals surface area contributed by atoms with E-state index in [1.165, 1.54) is 6.07 Å². The maximum Gasteiger partial charge on any atom is 0.335 e. The second kappa shape index (κ2) is 10.7. The van der Waals surface area contributed by atoms with E-state index in [2.05, 4.69) is 24.5 Å². The van der Waals surface area contributed by atoms with E-state index in [0.717, 1.165) is 89.3 Å². The van der Waals surface area contributed by atoms with Gasteiger partial charge < -0.3 is 30.2 Å². The van der Waals surface area contributed by atoms with E-state index in [4.69, 9.17) is 4.42 Å². The molecule has 5 aliphatic rings. The van der Waals surface area contributed by atoms with Crippen LogP contribution in [0.2, 0.25) is 0 Å². The Morgan fingerprint density at radius 1 is 1.10 bits per heavy atom. The quantitative estimate of drug-likeness (QED) is 0.437. The first kappa shape index (κ1) is 28.2. The van der Waals surface area contributed by atoms with Crippen LogP contribution in [0.1, 0.15) is 96.0 Å². The lowest BCUT2D eigenvalue weighted by Crippen LogP contribution is -2.63. The summed E-state index contributed by atoms with van der Waals surface area (Å²) < 4.78 is 5.24. The smallest absolute Gasteiger partial charge is 0.335 e. The van der Waals surface area contributed by atoms with Crippen LogP contribution in [0.25, 0.3) is 0 Å². The Bertz CT molecular complexity index is 1120. The van der Waals surface area contributed by atoms with Crippen LogP contribution in [0.4, 0.5) is 4.79 Å². The molecule has 5 fully saturated rings. The van der Waals surface area contributed by atoms with Crippen molar-refractivity contribution in [3.63, 3.8) is 0 Å². The first-order valence-corrected chi connectivity index (χ1v) is 15.9. The van der Waals surface area contributed by atoms with Crippen molar-refractivity contribution < 1.29 is 19.4 Å². The fraction of sp³-hybridized carbons (Fsp3) is 0.812. The number of rotatable bonds is 5. The number of fused-ring (bicyclic) bond motifs is 5. The highest BCUT2D eigenvalue weighted by atomic mass is 16.4. The van der Waals surface area contributed by atoms with Gasteiger partial charge in [-0.25, -0.2) is 9.59 Å². The summed E-state index contributed by atoms with van der Waals surface area (Å²) in [5.74, 6) is 1.48. The molecule has 2 amide bonds. The number of hydrogen-bond donors (Lipinski definition) is 4. The third kappa shape index (κ3) is 4.53. The topological polar surface area (TPSA) is 115 Å². The number of nitrogens with one attached hydrogen (secondary N) is 2. The van der Waals surface area contributed by atoms with Crippen molar-refractivity contribution in [1.29, 1.82) is 0 Å². The molecule has 6 rings (SSSR count). The first-order valence-electron chi connectivity index (χ1n) is 15.9. The highest BCUT2D eigenvalue weighted by Crippen LogP contribution is 2.70. The summed E-state index contributed by atoms with van der Waals surface area (Å²) in [4.78, 5) is 26.9. The Morgan fingerprint density at radius 2 is 1.95 bits per heavy atom. The molecule has 1 saturated heterocycles. The molecule has 1 aliphatic heterocycles. The molecule has 4 N–H and O–H groups in total. The van der Waals surface area contributed by atoms with Gasteiger partial charge in [0, 0.05) is 36.7 Å². The largest absolute Gasteiger partial charge is 0.431 e. The SMILES string of the molecule is C[C@]12CC[C@H](N(CCO)C(=O)NC3CCCNC3)C[C@H]1CC[C@@H]1[C@@H]2CC[C@]2(C)[C@@H](c3ccc(=O)oc3)CC[C@]12O. The van der Waals surface area contributed by atoms with Gasteiger partial charge >= 0.3 is 11.7 Å². The number of carbonyl (C=O) groups excluding carboxylic acids is 1. The molecule has 1 unspecified atom stereocenters. The molecule has 8 nitrogen and oxygen atoms in total. The Morgan fingerprint density at radius 3 is 2.67 bits per heavy atom. The minimum absolute atomic E-state index is 0.0168. The van der Waals surface area contributed by atoms with E-state index < -0.39 is 5.60 Å². The molecule has 9 atom stereocenters. The van der Waals surface area contributed by atoms with Gasteiger partial charge in [-0.05, 0) is 118 Å². The van der Waals surface area contributed by atoms with Gasteiger partial charge in [-0.3, -0.25) is 0 Å². The second-order valence-corrected chi connectivity index (χ2v) is 14.2. The Labute approximate surface area is 238 Å². The van der Waals surface area contributed by atoms with Crippen molar-refractivity contribution in [2.24, 2.45) is 28.6 Å². The van der Waals surface area contributed by atoms with Crippen molar-refractivity contribution in [1.82, 2.24) is 15.5 Å². The van der Waals surface area contributed by atoms with Crippen molar-refractivity contribution >= 4 is 6.03 Å². The molecule has 1 aromatic heterocycles. The zero-order chi connectivity index (χ0) is 28.1. The van der Waals surface area contributed by atoms with Crippen LogP contribution in [0, 0.1) is 28.6 Å². The summed E-state index contributed by atoms with van der Waals surface area (Å²) in [6.07, 6.45) is 12.6. The van der Waals surface area contributed by atoms with Gasteiger partial charge in [-0.15, -0.1) is 0 Å². The average Bonchev–Trinajstić information content (AvgIpc) is 3.23. The summed E-state index contributed by atoms with van der Waals surface area (Å²) in [6.45, 7) is 6.94. The maximum atomic E-state index is 13.4. The van der Waals surface area contributed by atoms with Crippen LogP contribution in [-0.4, -0.2) is 65.1 Å². The van der Waals surface area contributed by atoms with Crippen LogP contribution in [0.5, 0.6) is 0 Å². The number of carbonyl (C=O) groups is 1. The highest BCUT2D eigenvalue weighted by Gasteiger charge is 2.67. The summed E-state index contributed by atoms with van der Waals surface area (Å²) in [6, 6.07) is 3.70. The van der Waals surface area contributed by atoms with Gasteiger partial charge in [-0.1, -0.05) is 13.8 Å². The van der Waals surface area contributed by atoms with Crippen molar-refractivity contribution in [2.45, 2.75) is 108 Å². The Hall–Kier alpha value is -1.90. The van der Waals surface area contributed by atoms with Gasteiger partial charge in [0.25, 0.3) is 0 Å². The average molecular weight is 556 g/mol. The van der Waals surface area contributed by atoms with Crippen LogP contribution in [-0.2, 0) is 0 Å². The zero-order valence-corrected chi connectivity index (χ0v) is 24.4. The molecular weight excluding hydrogens is 506 g/mol. The molecule has 8 heteroatoms. The normalized spacial score (nSPS) is 42.8. The maximum absolute atomic E-state index is 13.4. The van der Waals surface area contributed by atoms with Crippen LogP contribution >= 0.6 is 0 Å². The van der Waals surface area contributed by atoms with E-state index in [1.807, 2.05) is 11.0 Å². The lowest BCUT2D eigenvalue weighted by molar-refractivity contribution is -0.203. The Balaban J connectivity index is 1.17. The number of urea groups is 1. The number of amides is 2. The predicted octanol–water partition coefficient (Wildman–Crippen LogP) is 4.01. The summed E-state index contributed by atoms with van der Waals surface area (Å²) in [5, 5.41) is 29.0. The number of aliphatic hydroxyl groups is 2. The number of aliphatic hydroxyl groups excluding tert-OH is 1. The van der Waals surface area contributed by atoms with Crippen molar-refractivity contribution in [3.05, 3.63) is 34.4 Å². The molecule has 4 aliphatic carbocycles. The van der Waals surface area contributed by atoms with E-state index in [-0.39, 0.29) is 53.0 Å². The third-order valence-electron chi connectivity index (χ3n) is 12.6. The van der Waals surface area contributed by atoms with Crippen LogP contribution in [0.15, 0.2) is 27.6 Å². The molecule has 0 radical (unpaired) electrons. The summed E-state index contributed by atoms with van der Waals surface area (Å²) in [7, 11) is 0.